The number of nitrogens with zero attached hydrogens (tertiary/aromatic N) is 2. The normalized spacial score (nSPS) is 11.6. The average molecular weight is 471 g/mol. The molecular formula is C23H38N2O8. The van der Waals surface area contributed by atoms with Gasteiger partial charge in [0.15, 0.2) is 0 Å². The van der Waals surface area contributed by atoms with Gasteiger partial charge < -0.3 is 19.1 Å². The molecule has 188 valence electrons. The van der Waals surface area contributed by atoms with Gasteiger partial charge >= 0.3 is 24.1 Å². The summed E-state index contributed by atoms with van der Waals surface area (Å²) in [5.74, 6) is -1.40. The fourth-order valence-electron chi connectivity index (χ4n) is 2.89. The van der Waals surface area contributed by atoms with Gasteiger partial charge in [0.25, 0.3) is 0 Å². The monoisotopic (exact) mass is 470 g/mol. The van der Waals surface area contributed by atoms with E-state index in [1.54, 1.807) is 13.8 Å². The zero-order valence-electron chi connectivity index (χ0n) is 20.9. The number of carbonyl (C=O) groups excluding carboxylic acids is 4. The molecule has 0 aromatic rings. The number of rotatable bonds is 11. The summed E-state index contributed by atoms with van der Waals surface area (Å²) in [5, 5.41) is 1.77. The lowest BCUT2D eigenvalue weighted by atomic mass is 9.82. The van der Waals surface area contributed by atoms with E-state index in [9.17, 15) is 19.2 Å². The van der Waals surface area contributed by atoms with E-state index in [0.29, 0.717) is 12.8 Å². The minimum Gasteiger partial charge on any atom is -0.448 e. The van der Waals surface area contributed by atoms with Gasteiger partial charge in [-0.25, -0.2) is 19.2 Å². The van der Waals surface area contributed by atoms with Crippen LogP contribution in [0, 0.1) is 11.3 Å². The molecule has 33 heavy (non-hydrogen) atoms. The van der Waals surface area contributed by atoms with Crippen LogP contribution in [0.4, 0.5) is 9.59 Å². The molecule has 0 N–H and O–H groups in total. The first-order valence-electron chi connectivity index (χ1n) is 10.9. The van der Waals surface area contributed by atoms with Crippen LogP contribution in [0.3, 0.4) is 0 Å². The summed E-state index contributed by atoms with van der Waals surface area (Å²) in [6.45, 7) is 19.5. The summed E-state index contributed by atoms with van der Waals surface area (Å²) in [4.78, 5) is 58.4. The van der Waals surface area contributed by atoms with E-state index in [4.69, 9.17) is 19.1 Å². The van der Waals surface area contributed by atoms with Crippen molar-refractivity contribution in [3.63, 3.8) is 0 Å². The number of hydrogen-bond acceptors (Lipinski definition) is 8. The smallest absolute Gasteiger partial charge is 0.443 e. The highest BCUT2D eigenvalue weighted by Crippen LogP contribution is 2.29. The van der Waals surface area contributed by atoms with Crippen molar-refractivity contribution in [1.82, 2.24) is 10.1 Å². The van der Waals surface area contributed by atoms with E-state index < -0.39 is 29.5 Å². The first-order valence-corrected chi connectivity index (χ1v) is 10.9. The Balaban J connectivity index is 5.16. The van der Waals surface area contributed by atoms with E-state index in [2.05, 4.69) is 13.2 Å². The molecule has 0 fully saturated rings. The lowest BCUT2D eigenvalue weighted by Gasteiger charge is -2.33. The third kappa shape index (κ3) is 12.0. The summed E-state index contributed by atoms with van der Waals surface area (Å²) >= 11 is 0. The Hall–Kier alpha value is -3.04. The Kier molecular flexibility index (Phi) is 12.9. The highest BCUT2D eigenvalue weighted by atomic mass is 16.8. The van der Waals surface area contributed by atoms with Crippen LogP contribution >= 0.6 is 0 Å². The second kappa shape index (κ2) is 14.2. The van der Waals surface area contributed by atoms with Crippen molar-refractivity contribution in [3.8, 4) is 0 Å². The third-order valence-corrected chi connectivity index (χ3v) is 4.32. The molecule has 0 saturated carbocycles. The van der Waals surface area contributed by atoms with Crippen molar-refractivity contribution in [1.29, 1.82) is 0 Å². The van der Waals surface area contributed by atoms with E-state index in [1.807, 2.05) is 20.8 Å². The van der Waals surface area contributed by atoms with Gasteiger partial charge in [0.05, 0.1) is 26.3 Å². The molecule has 0 aliphatic carbocycles. The van der Waals surface area contributed by atoms with Crippen LogP contribution < -0.4 is 0 Å². The quantitative estimate of drug-likeness (QED) is 0.322. The van der Waals surface area contributed by atoms with E-state index in [-0.39, 0.29) is 43.4 Å². The first kappa shape index (κ1) is 30.0. The molecule has 0 aromatic heterocycles. The van der Waals surface area contributed by atoms with Crippen LogP contribution in [0.25, 0.3) is 0 Å². The minimum absolute atomic E-state index is 0.0429. The fourth-order valence-corrected chi connectivity index (χ4v) is 2.89. The van der Waals surface area contributed by atoms with Crippen LogP contribution in [0.15, 0.2) is 24.3 Å². The standard InChI is InChI=1S/C23H38N2O8/c1-10-30-21(28)24(32-19(26)16(3)4)13-12-18(7)14-23(8,9)15-25(22(29)31-11-2)33-20(27)17(5)6/h18H,3,5,10-15H2,1-2,4,6-9H3. The minimum atomic E-state index is -0.770. The zero-order valence-corrected chi connectivity index (χ0v) is 20.9. The van der Waals surface area contributed by atoms with Gasteiger partial charge in [-0.05, 0) is 51.9 Å². The highest BCUT2D eigenvalue weighted by Gasteiger charge is 2.31. The molecule has 2 amide bonds. The largest absolute Gasteiger partial charge is 0.448 e. The van der Waals surface area contributed by atoms with Gasteiger partial charge in [-0.1, -0.05) is 33.9 Å². The number of amides is 2. The van der Waals surface area contributed by atoms with E-state index >= 15 is 0 Å². The van der Waals surface area contributed by atoms with Crippen LogP contribution in [0.5, 0.6) is 0 Å². The Morgan fingerprint density at radius 1 is 0.848 bits per heavy atom. The average Bonchev–Trinajstić information content (AvgIpc) is 2.69. The van der Waals surface area contributed by atoms with Crippen molar-refractivity contribution in [2.45, 2.75) is 61.3 Å². The van der Waals surface area contributed by atoms with Crippen molar-refractivity contribution in [3.05, 3.63) is 24.3 Å². The van der Waals surface area contributed by atoms with Gasteiger partial charge in [0, 0.05) is 11.1 Å². The molecule has 0 aliphatic rings. The summed E-state index contributed by atoms with van der Waals surface area (Å²) in [6, 6.07) is 0. The summed E-state index contributed by atoms with van der Waals surface area (Å²) < 4.78 is 9.93. The maximum atomic E-state index is 12.3. The van der Waals surface area contributed by atoms with Gasteiger partial charge in [0.2, 0.25) is 0 Å². The molecule has 1 unspecified atom stereocenters. The lowest BCUT2D eigenvalue weighted by molar-refractivity contribution is -0.182. The van der Waals surface area contributed by atoms with Crippen LogP contribution in [0.2, 0.25) is 0 Å². The fraction of sp³-hybridized carbons (Fsp3) is 0.652. The van der Waals surface area contributed by atoms with Gasteiger partial charge in [0.1, 0.15) is 0 Å². The molecule has 10 nitrogen and oxygen atoms in total. The molecule has 0 aromatic carbocycles. The van der Waals surface area contributed by atoms with Gasteiger partial charge in [-0.2, -0.15) is 0 Å². The number of carbonyl (C=O) groups is 4. The summed E-state index contributed by atoms with van der Waals surface area (Å²) in [5.41, 5.74) is -0.175. The Morgan fingerprint density at radius 2 is 1.27 bits per heavy atom. The Labute approximate surface area is 196 Å². The molecule has 0 spiro atoms. The molecular weight excluding hydrogens is 432 g/mol. The highest BCUT2D eigenvalue weighted by molar-refractivity contribution is 5.88. The molecule has 0 bridgehead atoms. The maximum Gasteiger partial charge on any atom is 0.443 e. The molecule has 10 heteroatoms. The van der Waals surface area contributed by atoms with Crippen molar-refractivity contribution >= 4 is 24.1 Å². The second-order valence-electron chi connectivity index (χ2n) is 8.62. The first-order chi connectivity index (χ1) is 15.2. The Bertz CT molecular complexity index is 732. The third-order valence-electron chi connectivity index (χ3n) is 4.32. The molecule has 0 rings (SSSR count). The van der Waals surface area contributed by atoms with E-state index in [0.717, 1.165) is 10.1 Å². The lowest BCUT2D eigenvalue weighted by Crippen LogP contribution is -2.41. The zero-order chi connectivity index (χ0) is 25.8. The van der Waals surface area contributed by atoms with Crippen LogP contribution in [0.1, 0.15) is 61.3 Å². The topological polar surface area (TPSA) is 112 Å². The molecule has 0 aliphatic heterocycles. The van der Waals surface area contributed by atoms with Crippen LogP contribution in [-0.4, -0.2) is 60.6 Å². The summed E-state index contributed by atoms with van der Waals surface area (Å²) in [6.07, 6.45) is -0.457. The number of hydroxylamine groups is 4. The van der Waals surface area contributed by atoms with Gasteiger partial charge in [-0.3, -0.25) is 0 Å². The van der Waals surface area contributed by atoms with Gasteiger partial charge in [-0.15, -0.1) is 10.1 Å². The van der Waals surface area contributed by atoms with Crippen molar-refractivity contribution in [2.75, 3.05) is 26.3 Å². The Morgan fingerprint density at radius 3 is 1.70 bits per heavy atom. The molecule has 0 saturated heterocycles. The van der Waals surface area contributed by atoms with Crippen molar-refractivity contribution in [2.24, 2.45) is 11.3 Å². The maximum absolute atomic E-state index is 12.3. The predicted octanol–water partition coefficient (Wildman–Crippen LogP) is 4.41. The molecule has 0 radical (unpaired) electrons. The summed E-state index contributed by atoms with van der Waals surface area (Å²) in [7, 11) is 0. The predicted molar refractivity (Wildman–Crippen MR) is 121 cm³/mol. The molecule has 1 atom stereocenters. The number of hydrogen-bond donors (Lipinski definition) is 0. The van der Waals surface area contributed by atoms with Crippen LogP contribution in [-0.2, 0) is 28.7 Å². The second-order valence-corrected chi connectivity index (χ2v) is 8.62. The SMILES string of the molecule is C=C(C)C(=O)ON(CCC(C)CC(C)(C)CN(OC(=O)C(=C)C)C(=O)OCC)C(=O)OCC. The molecule has 0 heterocycles. The van der Waals surface area contributed by atoms with E-state index in [1.165, 1.54) is 13.8 Å². The van der Waals surface area contributed by atoms with Crippen molar-refractivity contribution < 1.29 is 38.3 Å². The number of ether oxygens (including phenoxy) is 2.